The third-order valence-corrected chi connectivity index (χ3v) is 1.64. The predicted molar refractivity (Wildman–Crippen MR) is 42.1 cm³/mol. The van der Waals surface area contributed by atoms with Gasteiger partial charge in [0, 0.05) is 0 Å². The highest BCUT2D eigenvalue weighted by Crippen LogP contribution is 2.18. The number of aliphatic hydroxyl groups excluding tert-OH is 1. The van der Waals surface area contributed by atoms with E-state index in [0.29, 0.717) is 0 Å². The van der Waals surface area contributed by atoms with Gasteiger partial charge in [0.2, 0.25) is 0 Å². The monoisotopic (exact) mass is 192 g/mol. The average Bonchev–Trinajstić information content (AvgIpc) is 1.97. The van der Waals surface area contributed by atoms with Gasteiger partial charge < -0.3 is 5.11 Å². The molecule has 0 saturated carbocycles. The van der Waals surface area contributed by atoms with E-state index in [1.807, 2.05) is 0 Å². The van der Waals surface area contributed by atoms with Crippen LogP contribution in [0.3, 0.4) is 0 Å². The van der Waals surface area contributed by atoms with Gasteiger partial charge in [0.05, 0.1) is 4.92 Å². The van der Waals surface area contributed by atoms with E-state index in [9.17, 15) is 10.1 Å². The first-order chi connectivity index (χ1) is 5.47. The van der Waals surface area contributed by atoms with E-state index in [1.54, 1.807) is 0 Å². The van der Waals surface area contributed by atoms with Crippen LogP contribution in [0.25, 0.3) is 0 Å². The summed E-state index contributed by atoms with van der Waals surface area (Å²) in [5.74, 6) is -0.850. The van der Waals surface area contributed by atoms with Crippen molar-refractivity contribution >= 4 is 23.7 Å². The van der Waals surface area contributed by atoms with Crippen LogP contribution >= 0.6 is 11.6 Å². The van der Waals surface area contributed by atoms with Crippen molar-refractivity contribution in [2.24, 2.45) is 15.7 Å². The Balaban J connectivity index is 3.02. The summed E-state index contributed by atoms with van der Waals surface area (Å²) >= 11 is 5.34. The summed E-state index contributed by atoms with van der Waals surface area (Å²) in [5.41, 5.74) is 5.12. The SMILES string of the molecule is NC1N=CC(Cl)([N+](=O)[O-])C(O)=N1. The van der Waals surface area contributed by atoms with Crippen LogP contribution in [0.1, 0.15) is 0 Å². The highest BCUT2D eigenvalue weighted by molar-refractivity contribution is 6.42. The van der Waals surface area contributed by atoms with Crippen molar-refractivity contribution in [1.29, 1.82) is 0 Å². The molecule has 1 aliphatic heterocycles. The van der Waals surface area contributed by atoms with Crippen LogP contribution < -0.4 is 5.73 Å². The topological polar surface area (TPSA) is 114 Å². The van der Waals surface area contributed by atoms with E-state index < -0.39 is 22.1 Å². The summed E-state index contributed by atoms with van der Waals surface area (Å²) in [6, 6.07) is 0. The summed E-state index contributed by atoms with van der Waals surface area (Å²) < 4.78 is 0. The number of nitrogens with two attached hydrogens (primary N) is 1. The standard InChI is InChI=1S/C4H5ClN4O3/c5-4(9(11)12)1-7-3(6)8-2(4)10/h1,3H,6H2,(H,8,10). The van der Waals surface area contributed by atoms with Gasteiger partial charge in [-0.05, 0) is 11.6 Å². The molecule has 3 N–H and O–H groups in total. The van der Waals surface area contributed by atoms with Crippen LogP contribution in [0, 0.1) is 10.1 Å². The molecule has 0 bridgehead atoms. The summed E-state index contributed by atoms with van der Waals surface area (Å²) in [4.78, 5) is 13.7. The predicted octanol–water partition coefficient (Wildman–Crippen LogP) is -0.519. The summed E-state index contributed by atoms with van der Waals surface area (Å²) in [5, 5.41) is 19.3. The molecule has 0 aromatic rings. The van der Waals surface area contributed by atoms with E-state index >= 15 is 0 Å². The number of aliphatic imine (C=N–C) groups is 2. The number of halogens is 1. The maximum atomic E-state index is 10.3. The molecular formula is C4H5ClN4O3. The molecular weight excluding hydrogens is 188 g/mol. The highest BCUT2D eigenvalue weighted by atomic mass is 35.5. The van der Waals surface area contributed by atoms with Gasteiger partial charge in [-0.15, -0.1) is 0 Å². The van der Waals surface area contributed by atoms with Crippen molar-refractivity contribution in [2.45, 2.75) is 11.3 Å². The minimum atomic E-state index is -2.25. The zero-order valence-corrected chi connectivity index (χ0v) is 6.47. The first-order valence-corrected chi connectivity index (χ1v) is 3.25. The molecule has 0 saturated heterocycles. The summed E-state index contributed by atoms with van der Waals surface area (Å²) in [6.07, 6.45) is -0.265. The maximum Gasteiger partial charge on any atom is 0.404 e. The minimum Gasteiger partial charge on any atom is -0.490 e. The lowest BCUT2D eigenvalue weighted by Gasteiger charge is -2.16. The van der Waals surface area contributed by atoms with Crippen molar-refractivity contribution in [3.05, 3.63) is 10.1 Å². The van der Waals surface area contributed by atoms with Gasteiger partial charge in [-0.1, -0.05) is 0 Å². The fourth-order valence-corrected chi connectivity index (χ4v) is 0.716. The fraction of sp³-hybridized carbons (Fsp3) is 0.500. The summed E-state index contributed by atoms with van der Waals surface area (Å²) in [6.45, 7) is 0. The molecule has 0 aliphatic carbocycles. The van der Waals surface area contributed by atoms with Gasteiger partial charge >= 0.3 is 5.00 Å². The number of alkyl halides is 1. The van der Waals surface area contributed by atoms with Crippen molar-refractivity contribution in [3.63, 3.8) is 0 Å². The molecule has 66 valence electrons. The van der Waals surface area contributed by atoms with Gasteiger partial charge in [0.1, 0.15) is 6.21 Å². The van der Waals surface area contributed by atoms with Crippen molar-refractivity contribution < 1.29 is 10.0 Å². The van der Waals surface area contributed by atoms with Crippen LogP contribution in [0.2, 0.25) is 0 Å². The van der Waals surface area contributed by atoms with Gasteiger partial charge in [0.25, 0.3) is 5.90 Å². The molecule has 0 fully saturated rings. The first kappa shape index (κ1) is 8.88. The number of nitro groups is 1. The van der Waals surface area contributed by atoms with Crippen molar-refractivity contribution in [3.8, 4) is 0 Å². The van der Waals surface area contributed by atoms with E-state index in [1.165, 1.54) is 0 Å². The molecule has 1 rings (SSSR count). The minimum absolute atomic E-state index is 0.752. The Bertz CT molecular complexity index is 277. The van der Waals surface area contributed by atoms with Crippen LogP contribution in [0.5, 0.6) is 0 Å². The Morgan fingerprint density at radius 2 is 2.50 bits per heavy atom. The van der Waals surface area contributed by atoms with E-state index in [-0.39, 0.29) is 0 Å². The maximum absolute atomic E-state index is 10.3. The van der Waals surface area contributed by atoms with Crippen molar-refractivity contribution in [1.82, 2.24) is 0 Å². The fourth-order valence-electron chi connectivity index (χ4n) is 0.611. The number of nitrogens with zero attached hydrogens (tertiary/aromatic N) is 3. The van der Waals surface area contributed by atoms with Gasteiger partial charge in [-0.3, -0.25) is 15.8 Å². The molecule has 12 heavy (non-hydrogen) atoms. The van der Waals surface area contributed by atoms with Gasteiger partial charge in [-0.2, -0.15) is 0 Å². The van der Waals surface area contributed by atoms with E-state index in [4.69, 9.17) is 22.4 Å². The molecule has 0 aromatic heterocycles. The lowest BCUT2D eigenvalue weighted by molar-refractivity contribution is -0.502. The largest absolute Gasteiger partial charge is 0.490 e. The number of hydrogen-bond acceptors (Lipinski definition) is 5. The van der Waals surface area contributed by atoms with Crippen LogP contribution in [0.4, 0.5) is 0 Å². The quantitative estimate of drug-likeness (QED) is 0.252. The Morgan fingerprint density at radius 1 is 1.92 bits per heavy atom. The zero-order chi connectivity index (χ0) is 9.35. The number of hydrogen-bond donors (Lipinski definition) is 2. The molecule has 0 spiro atoms. The van der Waals surface area contributed by atoms with E-state index in [2.05, 4.69) is 9.98 Å². The Labute approximate surface area is 71.7 Å². The second-order valence-corrected chi connectivity index (χ2v) is 2.65. The Kier molecular flexibility index (Phi) is 1.99. The highest BCUT2D eigenvalue weighted by Gasteiger charge is 2.48. The molecule has 0 radical (unpaired) electrons. The van der Waals surface area contributed by atoms with Gasteiger partial charge in [0.15, 0.2) is 6.29 Å². The molecule has 0 amide bonds. The van der Waals surface area contributed by atoms with Crippen LogP contribution in [0.15, 0.2) is 9.98 Å². The molecule has 1 aliphatic rings. The zero-order valence-electron chi connectivity index (χ0n) is 5.72. The van der Waals surface area contributed by atoms with Gasteiger partial charge in [-0.25, -0.2) is 9.98 Å². The van der Waals surface area contributed by atoms with E-state index in [0.717, 1.165) is 6.21 Å². The smallest absolute Gasteiger partial charge is 0.404 e. The Morgan fingerprint density at radius 3 is 2.92 bits per heavy atom. The molecule has 8 heteroatoms. The third-order valence-electron chi connectivity index (χ3n) is 1.23. The second-order valence-electron chi connectivity index (χ2n) is 2.07. The molecule has 0 aromatic carbocycles. The first-order valence-electron chi connectivity index (χ1n) is 2.87. The molecule has 1 heterocycles. The lowest BCUT2D eigenvalue weighted by Crippen LogP contribution is -2.46. The van der Waals surface area contributed by atoms with Crippen LogP contribution in [-0.2, 0) is 0 Å². The van der Waals surface area contributed by atoms with Crippen LogP contribution in [-0.4, -0.2) is 33.4 Å². The number of aliphatic hydroxyl groups is 1. The molecule has 2 unspecified atom stereocenters. The summed E-state index contributed by atoms with van der Waals surface area (Å²) in [7, 11) is 0. The normalized spacial score (nSPS) is 34.5. The number of rotatable bonds is 1. The van der Waals surface area contributed by atoms with Crippen molar-refractivity contribution in [2.75, 3.05) is 0 Å². The average molecular weight is 193 g/mol. The molecule has 2 atom stereocenters. The second kappa shape index (κ2) is 2.68. The Hall–Kier alpha value is -1.21. The lowest BCUT2D eigenvalue weighted by atomic mass is 10.3. The molecule has 7 nitrogen and oxygen atoms in total. The third kappa shape index (κ3) is 1.23.